The predicted octanol–water partition coefficient (Wildman–Crippen LogP) is 2.15. The molecule has 1 rings (SSSR count). The largest absolute Gasteiger partial charge is 0.477 e. The lowest BCUT2D eigenvalue weighted by Crippen LogP contribution is -2.30. The van der Waals surface area contributed by atoms with Gasteiger partial charge in [-0.15, -0.1) is 0 Å². The van der Waals surface area contributed by atoms with E-state index in [0.717, 1.165) is 6.42 Å². The SMILES string of the molecule is COC(=O)C(C)(C)COC1=CC(C)CC=N1. The summed E-state index contributed by atoms with van der Waals surface area (Å²) < 4.78 is 10.2. The third-order valence-electron chi connectivity index (χ3n) is 2.44. The predicted molar refractivity (Wildman–Crippen MR) is 62.1 cm³/mol. The molecule has 0 aliphatic carbocycles. The fraction of sp³-hybridized carbons (Fsp3) is 0.667. The lowest BCUT2D eigenvalue weighted by molar-refractivity contribution is -0.153. The molecule has 1 aliphatic heterocycles. The maximum Gasteiger partial charge on any atom is 0.314 e. The smallest absolute Gasteiger partial charge is 0.314 e. The van der Waals surface area contributed by atoms with Crippen LogP contribution in [0.3, 0.4) is 0 Å². The summed E-state index contributed by atoms with van der Waals surface area (Å²) in [6.07, 6.45) is 4.74. The number of carbonyl (C=O) groups is 1. The number of ether oxygens (including phenoxy) is 2. The number of nitrogens with zero attached hydrogens (tertiary/aromatic N) is 1. The van der Waals surface area contributed by atoms with Crippen molar-refractivity contribution >= 4 is 12.2 Å². The van der Waals surface area contributed by atoms with Gasteiger partial charge >= 0.3 is 5.97 Å². The molecule has 0 saturated heterocycles. The van der Waals surface area contributed by atoms with E-state index in [1.807, 2.05) is 12.3 Å². The Morgan fingerprint density at radius 2 is 2.31 bits per heavy atom. The summed E-state index contributed by atoms with van der Waals surface area (Å²) in [5.74, 6) is 0.755. The van der Waals surface area contributed by atoms with Gasteiger partial charge in [0, 0.05) is 6.21 Å². The van der Waals surface area contributed by atoms with Crippen LogP contribution in [0.15, 0.2) is 17.0 Å². The molecule has 0 aromatic carbocycles. The summed E-state index contributed by atoms with van der Waals surface area (Å²) >= 11 is 0. The van der Waals surface area contributed by atoms with Gasteiger partial charge < -0.3 is 9.47 Å². The molecule has 0 radical (unpaired) electrons. The molecule has 0 saturated carbocycles. The monoisotopic (exact) mass is 225 g/mol. The molecule has 1 atom stereocenters. The molecule has 0 fully saturated rings. The van der Waals surface area contributed by atoms with E-state index < -0.39 is 5.41 Å². The number of hydrogen-bond acceptors (Lipinski definition) is 4. The molecule has 0 aromatic rings. The highest BCUT2D eigenvalue weighted by atomic mass is 16.5. The number of carbonyl (C=O) groups excluding carboxylic acids is 1. The van der Waals surface area contributed by atoms with Crippen molar-refractivity contribution in [1.29, 1.82) is 0 Å². The molecule has 0 amide bonds. The van der Waals surface area contributed by atoms with Crippen LogP contribution in [0, 0.1) is 11.3 Å². The molecule has 0 N–H and O–H groups in total. The lowest BCUT2D eigenvalue weighted by atomic mass is 9.95. The van der Waals surface area contributed by atoms with Crippen LogP contribution in [0.25, 0.3) is 0 Å². The second-order valence-corrected chi connectivity index (χ2v) is 4.69. The van der Waals surface area contributed by atoms with Crippen molar-refractivity contribution in [3.8, 4) is 0 Å². The summed E-state index contributed by atoms with van der Waals surface area (Å²) in [5.41, 5.74) is -0.647. The topological polar surface area (TPSA) is 47.9 Å². The first kappa shape index (κ1) is 12.7. The fourth-order valence-electron chi connectivity index (χ4n) is 1.34. The van der Waals surface area contributed by atoms with Gasteiger partial charge in [0.1, 0.15) is 6.61 Å². The van der Waals surface area contributed by atoms with Crippen LogP contribution < -0.4 is 0 Å². The number of allylic oxidation sites excluding steroid dienone is 1. The van der Waals surface area contributed by atoms with Gasteiger partial charge in [-0.1, -0.05) is 6.92 Å². The Balaban J connectivity index is 2.51. The standard InChI is InChI=1S/C12H19NO3/c1-9-5-6-13-10(7-9)16-8-12(2,3)11(14)15-4/h6-7,9H,5,8H2,1-4H3. The van der Waals surface area contributed by atoms with E-state index in [4.69, 9.17) is 9.47 Å². The Hall–Kier alpha value is -1.32. The van der Waals surface area contributed by atoms with Gasteiger partial charge in [-0.25, -0.2) is 4.99 Å². The van der Waals surface area contributed by atoms with Crippen molar-refractivity contribution in [1.82, 2.24) is 0 Å². The van der Waals surface area contributed by atoms with E-state index in [1.54, 1.807) is 13.8 Å². The molecule has 0 bridgehead atoms. The number of methoxy groups -OCH3 is 1. The Bertz CT molecular complexity index is 318. The van der Waals surface area contributed by atoms with Crippen LogP contribution in [-0.2, 0) is 14.3 Å². The minimum atomic E-state index is -0.647. The summed E-state index contributed by atoms with van der Waals surface area (Å²) in [6.45, 7) is 5.94. The van der Waals surface area contributed by atoms with Crippen LogP contribution in [0.4, 0.5) is 0 Å². The van der Waals surface area contributed by atoms with Crippen LogP contribution in [0.1, 0.15) is 27.2 Å². The van der Waals surface area contributed by atoms with Crippen molar-refractivity contribution in [3.05, 3.63) is 12.0 Å². The van der Waals surface area contributed by atoms with Crippen molar-refractivity contribution in [2.75, 3.05) is 13.7 Å². The number of rotatable bonds is 4. The van der Waals surface area contributed by atoms with E-state index in [2.05, 4.69) is 11.9 Å². The first-order valence-corrected chi connectivity index (χ1v) is 5.41. The highest BCUT2D eigenvalue weighted by molar-refractivity contribution is 5.75. The molecular formula is C12H19NO3. The maximum atomic E-state index is 11.4. The van der Waals surface area contributed by atoms with E-state index >= 15 is 0 Å². The van der Waals surface area contributed by atoms with E-state index in [-0.39, 0.29) is 12.6 Å². The average molecular weight is 225 g/mol. The van der Waals surface area contributed by atoms with E-state index in [1.165, 1.54) is 7.11 Å². The zero-order valence-electron chi connectivity index (χ0n) is 10.3. The zero-order chi connectivity index (χ0) is 12.2. The molecule has 0 spiro atoms. The lowest BCUT2D eigenvalue weighted by Gasteiger charge is -2.22. The van der Waals surface area contributed by atoms with Crippen molar-refractivity contribution in [2.45, 2.75) is 27.2 Å². The Kier molecular flexibility index (Phi) is 4.10. The van der Waals surface area contributed by atoms with Crippen molar-refractivity contribution < 1.29 is 14.3 Å². The van der Waals surface area contributed by atoms with Gasteiger partial charge in [0.05, 0.1) is 12.5 Å². The molecular weight excluding hydrogens is 206 g/mol. The van der Waals surface area contributed by atoms with Crippen molar-refractivity contribution in [2.24, 2.45) is 16.3 Å². The van der Waals surface area contributed by atoms with Crippen LogP contribution in [0.5, 0.6) is 0 Å². The molecule has 4 heteroatoms. The van der Waals surface area contributed by atoms with Crippen LogP contribution in [-0.4, -0.2) is 25.9 Å². The van der Waals surface area contributed by atoms with Gasteiger partial charge in [0.2, 0.25) is 5.88 Å². The molecule has 1 unspecified atom stereocenters. The number of aliphatic imine (C=N–C) groups is 1. The highest BCUT2D eigenvalue weighted by Crippen LogP contribution is 2.21. The normalized spacial score (nSPS) is 20.2. The third kappa shape index (κ3) is 3.36. The number of hydrogen-bond donors (Lipinski definition) is 0. The Labute approximate surface area is 96.3 Å². The fourth-order valence-corrected chi connectivity index (χ4v) is 1.34. The summed E-state index contributed by atoms with van der Waals surface area (Å²) in [6, 6.07) is 0. The molecule has 0 aromatic heterocycles. The molecule has 16 heavy (non-hydrogen) atoms. The van der Waals surface area contributed by atoms with Crippen LogP contribution >= 0.6 is 0 Å². The molecule has 1 heterocycles. The van der Waals surface area contributed by atoms with Gasteiger partial charge in [0.25, 0.3) is 0 Å². The van der Waals surface area contributed by atoms with Crippen molar-refractivity contribution in [3.63, 3.8) is 0 Å². The quantitative estimate of drug-likeness (QED) is 0.689. The Morgan fingerprint density at radius 1 is 1.62 bits per heavy atom. The third-order valence-corrected chi connectivity index (χ3v) is 2.44. The molecule has 90 valence electrons. The van der Waals surface area contributed by atoms with E-state index in [9.17, 15) is 4.79 Å². The minimum Gasteiger partial charge on any atom is -0.477 e. The number of esters is 1. The second-order valence-electron chi connectivity index (χ2n) is 4.69. The summed E-state index contributed by atoms with van der Waals surface area (Å²) in [5, 5.41) is 0. The average Bonchev–Trinajstić information content (AvgIpc) is 2.25. The van der Waals surface area contributed by atoms with Gasteiger partial charge in [-0.2, -0.15) is 0 Å². The van der Waals surface area contributed by atoms with E-state index in [0.29, 0.717) is 11.8 Å². The summed E-state index contributed by atoms with van der Waals surface area (Å²) in [7, 11) is 1.38. The minimum absolute atomic E-state index is 0.273. The van der Waals surface area contributed by atoms with Gasteiger partial charge in [-0.3, -0.25) is 4.79 Å². The second kappa shape index (κ2) is 5.14. The Morgan fingerprint density at radius 3 is 2.88 bits per heavy atom. The first-order valence-electron chi connectivity index (χ1n) is 5.41. The zero-order valence-corrected chi connectivity index (χ0v) is 10.3. The first-order chi connectivity index (χ1) is 7.45. The maximum absolute atomic E-state index is 11.4. The molecule has 4 nitrogen and oxygen atoms in total. The molecule has 1 aliphatic rings. The van der Waals surface area contributed by atoms with Crippen LogP contribution in [0.2, 0.25) is 0 Å². The highest BCUT2D eigenvalue weighted by Gasteiger charge is 2.30. The van der Waals surface area contributed by atoms with Gasteiger partial charge in [-0.05, 0) is 32.3 Å². The summed E-state index contributed by atoms with van der Waals surface area (Å²) in [4.78, 5) is 15.5. The van der Waals surface area contributed by atoms with Gasteiger partial charge in [0.15, 0.2) is 0 Å².